The Labute approximate surface area is 258 Å². The minimum atomic E-state index is -3.09. The van der Waals surface area contributed by atoms with Gasteiger partial charge in [0.15, 0.2) is 5.75 Å². The first kappa shape index (κ1) is 30.6. The predicted octanol–water partition coefficient (Wildman–Crippen LogP) is -1.02. The van der Waals surface area contributed by atoms with E-state index in [2.05, 4.69) is 37.0 Å². The van der Waals surface area contributed by atoms with Crippen molar-refractivity contribution >= 4 is 56.7 Å². The molecular weight excluding hydrogens is 686 g/mol. The number of halogens is 1. The monoisotopic (exact) mass is 696 g/mol. The molecule has 0 radical (unpaired) electrons. The zero-order valence-corrected chi connectivity index (χ0v) is 25.0. The molecule has 0 aliphatic heterocycles. The number of hydrogen-bond donors (Lipinski definition) is 0. The van der Waals surface area contributed by atoms with Gasteiger partial charge in [0, 0.05) is 26.6 Å². The average Bonchev–Trinajstić information content (AvgIpc) is 3.28. The predicted molar refractivity (Wildman–Crippen MR) is 133 cm³/mol. The molecule has 0 N–H and O–H groups in total. The van der Waals surface area contributed by atoms with Crippen molar-refractivity contribution in [2.75, 3.05) is 0 Å². The number of nitro groups is 2. The molecule has 196 valence electrons. The van der Waals surface area contributed by atoms with E-state index in [1.165, 1.54) is 12.1 Å². The Morgan fingerprint density at radius 1 is 0.897 bits per heavy atom. The molecule has 39 heavy (non-hydrogen) atoms. The van der Waals surface area contributed by atoms with E-state index in [4.69, 9.17) is 4.18 Å². The molecule has 2 unspecified atom stereocenters. The fraction of sp³-hybridized carbons (Fsp3) is 0. The van der Waals surface area contributed by atoms with Gasteiger partial charge in [-0.05, 0) is 68.9 Å². The molecule has 2 atom stereocenters. The minimum Gasteiger partial charge on any atom is -0.740 e. The van der Waals surface area contributed by atoms with Crippen LogP contribution < -0.4 is 42.7 Å². The fourth-order valence-electron chi connectivity index (χ4n) is 3.19. The summed E-state index contributed by atoms with van der Waals surface area (Å²) in [6, 6.07) is 13.0. The number of nitro benzene ring substituents is 2. The van der Waals surface area contributed by atoms with E-state index in [-0.39, 0.29) is 52.4 Å². The maximum absolute atomic E-state index is 11.8. The normalized spacial score (nSPS) is 12.2. The summed E-state index contributed by atoms with van der Waals surface area (Å²) in [7, 11) is 0. The second-order valence-corrected chi connectivity index (χ2v) is 9.39. The van der Waals surface area contributed by atoms with Crippen LogP contribution in [0.25, 0.3) is 22.8 Å². The van der Waals surface area contributed by atoms with Gasteiger partial charge in [-0.1, -0.05) is 0 Å². The van der Waals surface area contributed by atoms with Gasteiger partial charge in [-0.2, -0.15) is 0 Å². The number of rotatable bonds is 9. The molecule has 0 saturated carbocycles. The first-order chi connectivity index (χ1) is 18.0. The molecule has 3 aromatic carbocycles. The van der Waals surface area contributed by atoms with Gasteiger partial charge >= 0.3 is 41.1 Å². The maximum atomic E-state index is 11.8. The zero-order valence-electron chi connectivity index (χ0n) is 19.2. The van der Waals surface area contributed by atoms with Crippen molar-refractivity contribution in [3.63, 3.8) is 0 Å². The topological polar surface area (TPSA) is 220 Å². The summed E-state index contributed by atoms with van der Waals surface area (Å²) in [4.78, 5) is 23.5. The van der Waals surface area contributed by atoms with Crippen molar-refractivity contribution < 1.29 is 70.1 Å². The third-order valence-corrected chi connectivity index (χ3v) is 6.08. The molecule has 0 saturated heterocycles. The molecule has 0 aliphatic carbocycles. The molecule has 16 nitrogen and oxygen atoms in total. The van der Waals surface area contributed by atoms with Crippen LogP contribution in [-0.4, -0.2) is 42.4 Å². The Bertz CT molecular complexity index is 1620. The molecule has 1 heterocycles. The molecule has 4 rings (SSSR count). The maximum Gasteiger partial charge on any atom is 1.00 e. The van der Waals surface area contributed by atoms with E-state index in [0.717, 1.165) is 37.4 Å². The number of hydrogen-bond acceptors (Lipinski definition) is 12. The van der Waals surface area contributed by atoms with Crippen LogP contribution >= 0.6 is 22.6 Å². The number of tetrazole rings is 1. The standard InChI is InChI=1S/C19H11IN6O10S2.Na/c20-11-1-3-12(4-2-11)23-21-19(15-7-6-14(35-37(31)32)10-18(15)36-38(33)34)22-24(23)16-8-5-13(25(27)28)9-17(16)26(29)30;/h1-10H,(H-,31,32,33,34);/q;+1/p-1. The number of aromatic nitrogens is 4. The summed E-state index contributed by atoms with van der Waals surface area (Å²) in [6.45, 7) is 0. The van der Waals surface area contributed by atoms with Crippen LogP contribution in [0, 0.1) is 23.8 Å². The first-order valence-electron chi connectivity index (χ1n) is 9.82. The van der Waals surface area contributed by atoms with Crippen LogP contribution in [0.15, 0.2) is 60.7 Å². The van der Waals surface area contributed by atoms with Crippen LogP contribution in [0.1, 0.15) is 0 Å². The molecule has 0 fully saturated rings. The Morgan fingerprint density at radius 2 is 1.56 bits per heavy atom. The number of non-ortho nitro benzene ring substituents is 1. The van der Waals surface area contributed by atoms with Crippen molar-refractivity contribution in [3.8, 4) is 34.3 Å². The fourth-order valence-corrected chi connectivity index (χ4v) is 4.10. The molecule has 0 spiro atoms. The van der Waals surface area contributed by atoms with Gasteiger partial charge in [0.25, 0.3) is 11.4 Å². The molecule has 20 heteroatoms. The summed E-state index contributed by atoms with van der Waals surface area (Å²) in [5.74, 6) is -0.892. The van der Waals surface area contributed by atoms with Gasteiger partial charge < -0.3 is 17.5 Å². The molecule has 0 amide bonds. The smallest absolute Gasteiger partial charge is 0.740 e. The van der Waals surface area contributed by atoms with Crippen LogP contribution in [0.4, 0.5) is 11.4 Å². The third kappa shape index (κ3) is 7.19. The molecule has 1 aromatic heterocycles. The molecule has 0 aliphatic rings. The van der Waals surface area contributed by atoms with Crippen molar-refractivity contribution in [2.24, 2.45) is 0 Å². The SMILES string of the molecule is O=[N+]([O-])c1ccc(-[n+]2nc(-c3ccc(OS(=O)[O-])cc3OS(=O)[O-])nn2-c2ccc(I)cc2)c([N+](=O)[O-])c1.[Na+]. The van der Waals surface area contributed by atoms with E-state index in [0.29, 0.717) is 5.69 Å². The summed E-state index contributed by atoms with van der Waals surface area (Å²) < 4.78 is 54.5. The van der Waals surface area contributed by atoms with Crippen LogP contribution in [0.2, 0.25) is 0 Å². The number of benzene rings is 3. The third-order valence-electron chi connectivity index (χ3n) is 4.71. The van der Waals surface area contributed by atoms with Crippen LogP contribution in [0.5, 0.6) is 11.5 Å². The summed E-state index contributed by atoms with van der Waals surface area (Å²) in [6.07, 6.45) is 0. The van der Waals surface area contributed by atoms with Crippen molar-refractivity contribution in [1.29, 1.82) is 0 Å². The Hall–Kier alpha value is -2.92. The zero-order chi connectivity index (χ0) is 27.6. The van der Waals surface area contributed by atoms with Gasteiger partial charge in [0.05, 0.1) is 26.6 Å². The van der Waals surface area contributed by atoms with Crippen molar-refractivity contribution in [2.45, 2.75) is 0 Å². The van der Waals surface area contributed by atoms with E-state index in [1.54, 1.807) is 24.3 Å². The van der Waals surface area contributed by atoms with E-state index < -0.39 is 49.7 Å². The number of nitrogens with zero attached hydrogens (tertiary/aromatic N) is 6. The largest absolute Gasteiger partial charge is 1.00 e. The second-order valence-electron chi connectivity index (χ2n) is 7.00. The molecular formula is C19H10IN6NaO10S2. The Kier molecular flexibility index (Phi) is 10.2. The van der Waals surface area contributed by atoms with Gasteiger partial charge in [-0.15, -0.1) is 0 Å². The average molecular weight is 696 g/mol. The quantitative estimate of drug-likeness (QED) is 0.0513. The van der Waals surface area contributed by atoms with Gasteiger partial charge in [0.1, 0.15) is 34.2 Å². The Morgan fingerprint density at radius 3 is 2.15 bits per heavy atom. The summed E-state index contributed by atoms with van der Waals surface area (Å²) in [5.41, 5.74) is -1.07. The minimum absolute atomic E-state index is 0. The van der Waals surface area contributed by atoms with Crippen molar-refractivity contribution in [3.05, 3.63) is 84.5 Å². The van der Waals surface area contributed by atoms with Crippen LogP contribution in [-0.2, 0) is 22.7 Å². The van der Waals surface area contributed by atoms with Gasteiger partial charge in [0.2, 0.25) is 0 Å². The van der Waals surface area contributed by atoms with E-state index in [1.807, 2.05) is 0 Å². The summed E-state index contributed by atoms with van der Waals surface area (Å²) >= 11 is -3.99. The molecule has 4 aromatic rings. The van der Waals surface area contributed by atoms with Crippen molar-refractivity contribution in [1.82, 2.24) is 15.0 Å². The molecule has 0 bridgehead atoms. The van der Waals surface area contributed by atoms with Gasteiger partial charge in [-0.3, -0.25) is 20.2 Å². The first-order valence-corrected chi connectivity index (χ1v) is 12.9. The Balaban J connectivity index is 0.00000420. The van der Waals surface area contributed by atoms with E-state index >= 15 is 0 Å². The second kappa shape index (κ2) is 13.0. The van der Waals surface area contributed by atoms with Gasteiger partial charge in [-0.25, -0.2) is 8.42 Å². The van der Waals surface area contributed by atoms with E-state index in [9.17, 15) is 37.8 Å². The van der Waals surface area contributed by atoms with Crippen LogP contribution in [0.3, 0.4) is 0 Å². The summed E-state index contributed by atoms with van der Waals surface area (Å²) in [5, 5.41) is 31.6.